The molecule has 0 fully saturated rings. The number of anilines is 1. The van der Waals surface area contributed by atoms with Crippen LogP contribution in [0, 0.1) is 5.92 Å². The number of hydrogen-bond acceptors (Lipinski definition) is 4. The molecule has 0 saturated heterocycles. The smallest absolute Gasteiger partial charge is 0.250 e. The zero-order chi connectivity index (χ0) is 20.4. The number of nitrogens with one attached hydrogen (secondary N) is 2. The maximum absolute atomic E-state index is 12.0. The SMILES string of the molecule is COc1ccc(C=CC(=O)NC(=S)Nc2ccc(OCCC(C)C)cc2)cc1. The average molecular weight is 399 g/mol. The molecule has 2 aromatic rings. The van der Waals surface area contributed by atoms with Gasteiger partial charge in [0.1, 0.15) is 11.5 Å². The topological polar surface area (TPSA) is 59.6 Å². The summed E-state index contributed by atoms with van der Waals surface area (Å²) >= 11 is 5.18. The van der Waals surface area contributed by atoms with Gasteiger partial charge in [0.2, 0.25) is 5.91 Å². The molecule has 0 aliphatic heterocycles. The van der Waals surface area contributed by atoms with Crippen molar-refractivity contribution in [3.8, 4) is 11.5 Å². The van der Waals surface area contributed by atoms with E-state index in [9.17, 15) is 4.79 Å². The summed E-state index contributed by atoms with van der Waals surface area (Å²) in [5.41, 5.74) is 1.67. The summed E-state index contributed by atoms with van der Waals surface area (Å²) in [4.78, 5) is 12.0. The molecule has 0 aliphatic carbocycles. The van der Waals surface area contributed by atoms with Crippen LogP contribution < -0.4 is 20.1 Å². The molecular weight excluding hydrogens is 372 g/mol. The predicted molar refractivity (Wildman–Crippen MR) is 118 cm³/mol. The van der Waals surface area contributed by atoms with Gasteiger partial charge in [-0.2, -0.15) is 0 Å². The minimum Gasteiger partial charge on any atom is -0.497 e. The zero-order valence-corrected chi connectivity index (χ0v) is 17.2. The van der Waals surface area contributed by atoms with E-state index in [0.717, 1.165) is 29.2 Å². The number of carbonyl (C=O) groups is 1. The van der Waals surface area contributed by atoms with Crippen molar-refractivity contribution >= 4 is 35.0 Å². The highest BCUT2D eigenvalue weighted by molar-refractivity contribution is 7.80. The fourth-order valence-corrected chi connectivity index (χ4v) is 2.47. The van der Waals surface area contributed by atoms with Gasteiger partial charge in [-0.25, -0.2) is 0 Å². The van der Waals surface area contributed by atoms with Crippen molar-refractivity contribution < 1.29 is 14.3 Å². The fourth-order valence-electron chi connectivity index (χ4n) is 2.25. The molecule has 0 saturated carbocycles. The Bertz CT molecular complexity index is 800. The highest BCUT2D eigenvalue weighted by atomic mass is 32.1. The van der Waals surface area contributed by atoms with Crippen molar-refractivity contribution in [2.24, 2.45) is 5.92 Å². The lowest BCUT2D eigenvalue weighted by molar-refractivity contribution is -0.115. The molecule has 2 N–H and O–H groups in total. The van der Waals surface area contributed by atoms with Crippen LogP contribution in [0.5, 0.6) is 11.5 Å². The van der Waals surface area contributed by atoms with Crippen molar-refractivity contribution in [1.82, 2.24) is 5.32 Å². The maximum atomic E-state index is 12.0. The first-order chi connectivity index (χ1) is 13.5. The van der Waals surface area contributed by atoms with Crippen LogP contribution in [0.15, 0.2) is 54.6 Å². The Balaban J connectivity index is 1.79. The second-order valence-electron chi connectivity index (χ2n) is 6.61. The normalized spacial score (nSPS) is 10.7. The third kappa shape index (κ3) is 7.80. The molecule has 0 bridgehead atoms. The Kier molecular flexibility index (Phi) is 8.49. The van der Waals surface area contributed by atoms with Crippen LogP contribution in [0.4, 0.5) is 5.69 Å². The van der Waals surface area contributed by atoms with Crippen molar-refractivity contribution in [3.63, 3.8) is 0 Å². The van der Waals surface area contributed by atoms with Crippen LogP contribution in [0.25, 0.3) is 6.08 Å². The molecule has 0 atom stereocenters. The standard InChI is InChI=1S/C22H26N2O3S/c1-16(2)14-15-27-20-11-7-18(8-12-20)23-22(28)24-21(25)13-6-17-4-9-19(26-3)10-5-17/h4-13,16H,14-15H2,1-3H3,(H2,23,24,25,28). The van der Waals surface area contributed by atoms with Crippen molar-refractivity contribution in [3.05, 3.63) is 60.2 Å². The van der Waals surface area contributed by atoms with Gasteiger partial charge < -0.3 is 14.8 Å². The third-order valence-corrected chi connectivity index (χ3v) is 4.06. The molecule has 28 heavy (non-hydrogen) atoms. The van der Waals surface area contributed by atoms with E-state index in [1.807, 2.05) is 48.5 Å². The Morgan fingerprint density at radius 3 is 2.32 bits per heavy atom. The van der Waals surface area contributed by atoms with Gasteiger partial charge in [-0.1, -0.05) is 26.0 Å². The van der Waals surface area contributed by atoms with E-state index in [1.165, 1.54) is 6.08 Å². The van der Waals surface area contributed by atoms with Crippen LogP contribution >= 0.6 is 12.2 Å². The van der Waals surface area contributed by atoms with Gasteiger partial charge in [0, 0.05) is 11.8 Å². The molecule has 0 aliphatic rings. The molecule has 6 heteroatoms. The Labute approximate surface area is 171 Å². The fraction of sp³-hybridized carbons (Fsp3) is 0.273. The van der Waals surface area contributed by atoms with Crippen LogP contribution in [-0.4, -0.2) is 24.7 Å². The molecule has 0 unspecified atom stereocenters. The highest BCUT2D eigenvalue weighted by Crippen LogP contribution is 2.16. The molecule has 5 nitrogen and oxygen atoms in total. The van der Waals surface area contributed by atoms with Crippen LogP contribution in [-0.2, 0) is 4.79 Å². The summed E-state index contributed by atoms with van der Waals surface area (Å²) in [5, 5.41) is 5.84. The van der Waals surface area contributed by atoms with Gasteiger partial charge in [0.25, 0.3) is 0 Å². The van der Waals surface area contributed by atoms with E-state index < -0.39 is 0 Å². The van der Waals surface area contributed by atoms with Crippen LogP contribution in [0.2, 0.25) is 0 Å². The number of benzene rings is 2. The molecular formula is C22H26N2O3S. The van der Waals surface area contributed by atoms with E-state index in [2.05, 4.69) is 24.5 Å². The minimum atomic E-state index is -0.304. The molecule has 2 rings (SSSR count). The van der Waals surface area contributed by atoms with Crippen molar-refractivity contribution in [2.45, 2.75) is 20.3 Å². The number of carbonyl (C=O) groups excluding carboxylic acids is 1. The average Bonchev–Trinajstić information content (AvgIpc) is 2.68. The van der Waals surface area contributed by atoms with E-state index in [4.69, 9.17) is 21.7 Å². The summed E-state index contributed by atoms with van der Waals surface area (Å²) < 4.78 is 10.8. The van der Waals surface area contributed by atoms with Gasteiger partial charge in [0.15, 0.2) is 5.11 Å². The summed E-state index contributed by atoms with van der Waals surface area (Å²) in [6, 6.07) is 14.9. The monoisotopic (exact) mass is 398 g/mol. The Hall–Kier alpha value is -2.86. The molecule has 0 spiro atoms. The number of thiocarbonyl (C=S) groups is 1. The van der Waals surface area contributed by atoms with Crippen molar-refractivity contribution in [1.29, 1.82) is 0 Å². The molecule has 0 aromatic heterocycles. The lowest BCUT2D eigenvalue weighted by Gasteiger charge is -2.10. The Morgan fingerprint density at radius 1 is 1.07 bits per heavy atom. The Morgan fingerprint density at radius 2 is 1.71 bits per heavy atom. The second kappa shape index (κ2) is 11.1. The number of amides is 1. The van der Waals surface area contributed by atoms with E-state index >= 15 is 0 Å². The third-order valence-electron chi connectivity index (χ3n) is 3.86. The molecule has 0 radical (unpaired) electrons. The van der Waals surface area contributed by atoms with Gasteiger partial charge in [-0.15, -0.1) is 0 Å². The van der Waals surface area contributed by atoms with E-state index in [0.29, 0.717) is 12.5 Å². The maximum Gasteiger partial charge on any atom is 0.250 e. The second-order valence-corrected chi connectivity index (χ2v) is 7.01. The van der Waals surface area contributed by atoms with E-state index in [1.54, 1.807) is 13.2 Å². The minimum absolute atomic E-state index is 0.234. The first-order valence-electron chi connectivity index (χ1n) is 9.13. The van der Waals surface area contributed by atoms with Gasteiger partial charge in [0.05, 0.1) is 13.7 Å². The quantitative estimate of drug-likeness (QED) is 0.501. The molecule has 2 aromatic carbocycles. The lowest BCUT2D eigenvalue weighted by Crippen LogP contribution is -2.32. The van der Waals surface area contributed by atoms with Gasteiger partial charge in [-0.3, -0.25) is 10.1 Å². The zero-order valence-electron chi connectivity index (χ0n) is 16.4. The number of ether oxygens (including phenoxy) is 2. The molecule has 148 valence electrons. The highest BCUT2D eigenvalue weighted by Gasteiger charge is 2.03. The number of methoxy groups -OCH3 is 1. The predicted octanol–water partition coefficient (Wildman–Crippen LogP) is 4.65. The van der Waals surface area contributed by atoms with Crippen LogP contribution in [0.1, 0.15) is 25.8 Å². The first kappa shape index (κ1) is 21.4. The molecule has 1 amide bonds. The summed E-state index contributed by atoms with van der Waals surface area (Å²) in [6.07, 6.45) is 4.16. The summed E-state index contributed by atoms with van der Waals surface area (Å²) in [6.45, 7) is 5.02. The van der Waals surface area contributed by atoms with E-state index in [-0.39, 0.29) is 11.0 Å². The molecule has 0 heterocycles. The first-order valence-corrected chi connectivity index (χ1v) is 9.54. The van der Waals surface area contributed by atoms with Crippen LogP contribution in [0.3, 0.4) is 0 Å². The number of rotatable bonds is 8. The number of hydrogen-bond donors (Lipinski definition) is 2. The van der Waals surface area contributed by atoms with Crippen molar-refractivity contribution in [2.75, 3.05) is 19.0 Å². The summed E-state index contributed by atoms with van der Waals surface area (Å²) in [5.74, 6) is 1.88. The van der Waals surface area contributed by atoms with Gasteiger partial charge in [-0.05, 0) is 72.6 Å². The summed E-state index contributed by atoms with van der Waals surface area (Å²) in [7, 11) is 1.61. The van der Waals surface area contributed by atoms with Gasteiger partial charge >= 0.3 is 0 Å². The lowest BCUT2D eigenvalue weighted by atomic mass is 10.1. The largest absolute Gasteiger partial charge is 0.497 e.